The van der Waals surface area contributed by atoms with Crippen LogP contribution in [0.3, 0.4) is 0 Å². The van der Waals surface area contributed by atoms with Gasteiger partial charge in [0.2, 0.25) is 0 Å². The zero-order valence-electron chi connectivity index (χ0n) is 11.9. The average Bonchev–Trinajstić information content (AvgIpc) is 3.10. The third-order valence-electron chi connectivity index (χ3n) is 3.21. The molecule has 0 aliphatic rings. The lowest BCUT2D eigenvalue weighted by Gasteiger charge is -2.01. The number of allylic oxidation sites excluding steroid dienone is 1. The fraction of sp³-hybridized carbons (Fsp3) is 0. The number of aromatic nitrogens is 3. The molecular weight excluding hydrogens is 333 g/mol. The van der Waals surface area contributed by atoms with E-state index in [0.29, 0.717) is 15.6 Å². The first-order valence-corrected chi connectivity index (χ1v) is 7.51. The van der Waals surface area contributed by atoms with Crippen molar-refractivity contribution < 1.29 is 4.79 Å². The van der Waals surface area contributed by atoms with E-state index in [9.17, 15) is 4.79 Å². The second-order valence-corrected chi connectivity index (χ2v) is 5.57. The van der Waals surface area contributed by atoms with E-state index in [0.717, 1.165) is 11.3 Å². The first-order chi connectivity index (χ1) is 11.1. The Kier molecular flexibility index (Phi) is 4.55. The largest absolute Gasteiger partial charge is 0.289 e. The Morgan fingerprint density at radius 2 is 1.83 bits per heavy atom. The number of carbonyl (C=O) groups is 1. The van der Waals surface area contributed by atoms with Gasteiger partial charge in [0.05, 0.1) is 15.7 Å². The summed E-state index contributed by atoms with van der Waals surface area (Å²) in [6.07, 6.45) is 6.35. The highest BCUT2D eigenvalue weighted by Gasteiger charge is 2.05. The summed E-state index contributed by atoms with van der Waals surface area (Å²) < 4.78 is 1.66. The van der Waals surface area contributed by atoms with Crippen LogP contribution in [0.15, 0.2) is 61.2 Å². The minimum Gasteiger partial charge on any atom is -0.289 e. The van der Waals surface area contributed by atoms with Crippen LogP contribution < -0.4 is 0 Å². The van der Waals surface area contributed by atoms with Crippen molar-refractivity contribution in [1.82, 2.24) is 14.8 Å². The van der Waals surface area contributed by atoms with E-state index in [1.54, 1.807) is 35.3 Å². The number of halogens is 2. The quantitative estimate of drug-likeness (QED) is 0.518. The molecule has 0 unspecified atom stereocenters. The minimum atomic E-state index is -0.135. The zero-order valence-corrected chi connectivity index (χ0v) is 13.4. The molecule has 1 heterocycles. The topological polar surface area (TPSA) is 47.8 Å². The van der Waals surface area contributed by atoms with Crippen LogP contribution in [0.4, 0.5) is 0 Å². The number of rotatable bonds is 4. The van der Waals surface area contributed by atoms with Crippen LogP contribution in [0.5, 0.6) is 0 Å². The third kappa shape index (κ3) is 3.67. The van der Waals surface area contributed by atoms with Gasteiger partial charge in [0.25, 0.3) is 0 Å². The molecule has 3 rings (SSSR count). The predicted octanol–water partition coefficient (Wildman–Crippen LogP) is 4.47. The standard InChI is InChI=1S/C17H11Cl2N3O/c18-15-7-4-13(9-16(15)19)17(23)8-3-12-1-5-14(6-2-12)22-11-20-10-21-22/h1-11H/b8-3+. The maximum absolute atomic E-state index is 12.1. The monoisotopic (exact) mass is 343 g/mol. The Hall–Kier alpha value is -2.43. The van der Waals surface area contributed by atoms with Crippen molar-refractivity contribution in [3.63, 3.8) is 0 Å². The normalized spacial score (nSPS) is 11.0. The molecule has 0 N–H and O–H groups in total. The summed E-state index contributed by atoms with van der Waals surface area (Å²) in [7, 11) is 0. The summed E-state index contributed by atoms with van der Waals surface area (Å²) in [4.78, 5) is 16.0. The summed E-state index contributed by atoms with van der Waals surface area (Å²) in [5.74, 6) is -0.135. The maximum atomic E-state index is 12.1. The number of carbonyl (C=O) groups excluding carboxylic acids is 1. The van der Waals surface area contributed by atoms with E-state index in [1.807, 2.05) is 24.3 Å². The first kappa shape index (κ1) is 15.5. The molecule has 0 radical (unpaired) electrons. The lowest BCUT2D eigenvalue weighted by Crippen LogP contribution is -1.95. The molecule has 0 aliphatic carbocycles. The van der Waals surface area contributed by atoms with Crippen LogP contribution >= 0.6 is 23.2 Å². The van der Waals surface area contributed by atoms with Gasteiger partial charge in [0, 0.05) is 5.56 Å². The van der Waals surface area contributed by atoms with Crippen LogP contribution in [0, 0.1) is 0 Å². The van der Waals surface area contributed by atoms with Gasteiger partial charge in [-0.1, -0.05) is 41.4 Å². The number of hydrogen-bond donors (Lipinski definition) is 0. The SMILES string of the molecule is O=C(/C=C/c1ccc(-n2cncn2)cc1)c1ccc(Cl)c(Cl)c1. The Morgan fingerprint density at radius 1 is 1.04 bits per heavy atom. The Balaban J connectivity index is 1.74. The van der Waals surface area contributed by atoms with Gasteiger partial charge in [-0.25, -0.2) is 9.67 Å². The summed E-state index contributed by atoms with van der Waals surface area (Å²) in [6, 6.07) is 12.4. The highest BCUT2D eigenvalue weighted by Crippen LogP contribution is 2.23. The summed E-state index contributed by atoms with van der Waals surface area (Å²) in [6.45, 7) is 0. The number of ketones is 1. The molecule has 6 heteroatoms. The van der Waals surface area contributed by atoms with Crippen LogP contribution in [0.1, 0.15) is 15.9 Å². The first-order valence-electron chi connectivity index (χ1n) is 6.76. The van der Waals surface area contributed by atoms with Crippen LogP contribution in [0.2, 0.25) is 10.0 Å². The molecular formula is C17H11Cl2N3O. The molecule has 0 fully saturated rings. The molecule has 0 spiro atoms. The smallest absolute Gasteiger partial charge is 0.185 e. The van der Waals surface area contributed by atoms with Gasteiger partial charge in [0.1, 0.15) is 12.7 Å². The molecule has 23 heavy (non-hydrogen) atoms. The van der Waals surface area contributed by atoms with E-state index in [4.69, 9.17) is 23.2 Å². The lowest BCUT2D eigenvalue weighted by atomic mass is 10.1. The number of nitrogens with zero attached hydrogens (tertiary/aromatic N) is 3. The molecule has 4 nitrogen and oxygen atoms in total. The molecule has 3 aromatic rings. The second kappa shape index (κ2) is 6.77. The molecule has 0 atom stereocenters. The van der Waals surface area contributed by atoms with Crippen molar-refractivity contribution in [3.8, 4) is 5.69 Å². The van der Waals surface area contributed by atoms with Crippen molar-refractivity contribution in [2.24, 2.45) is 0 Å². The van der Waals surface area contributed by atoms with E-state index in [-0.39, 0.29) is 5.78 Å². The van der Waals surface area contributed by atoms with E-state index in [1.165, 1.54) is 12.4 Å². The zero-order chi connectivity index (χ0) is 16.2. The van der Waals surface area contributed by atoms with Crippen molar-refractivity contribution in [3.05, 3.63) is 82.4 Å². The van der Waals surface area contributed by atoms with Gasteiger partial charge in [0.15, 0.2) is 5.78 Å². The summed E-state index contributed by atoms with van der Waals surface area (Å²) in [5, 5.41) is 4.85. The second-order valence-electron chi connectivity index (χ2n) is 4.76. The van der Waals surface area contributed by atoms with Crippen molar-refractivity contribution in [2.75, 3.05) is 0 Å². The van der Waals surface area contributed by atoms with Gasteiger partial charge in [-0.05, 0) is 42.0 Å². The van der Waals surface area contributed by atoms with Crippen LogP contribution in [-0.2, 0) is 0 Å². The molecule has 0 saturated carbocycles. The van der Waals surface area contributed by atoms with E-state index >= 15 is 0 Å². The summed E-state index contributed by atoms with van der Waals surface area (Å²) in [5.41, 5.74) is 2.30. The average molecular weight is 344 g/mol. The van der Waals surface area contributed by atoms with Crippen molar-refractivity contribution in [2.45, 2.75) is 0 Å². The fourth-order valence-corrected chi connectivity index (χ4v) is 2.30. The van der Waals surface area contributed by atoms with Crippen molar-refractivity contribution in [1.29, 1.82) is 0 Å². The molecule has 2 aromatic carbocycles. The molecule has 0 amide bonds. The highest BCUT2D eigenvalue weighted by molar-refractivity contribution is 6.42. The third-order valence-corrected chi connectivity index (χ3v) is 3.95. The minimum absolute atomic E-state index is 0.135. The molecule has 0 aliphatic heterocycles. The predicted molar refractivity (Wildman–Crippen MR) is 91.2 cm³/mol. The highest BCUT2D eigenvalue weighted by atomic mass is 35.5. The summed E-state index contributed by atoms with van der Waals surface area (Å²) >= 11 is 11.8. The Labute approximate surface area is 143 Å². The van der Waals surface area contributed by atoms with Gasteiger partial charge in [-0.3, -0.25) is 4.79 Å². The molecule has 1 aromatic heterocycles. The van der Waals surface area contributed by atoms with Gasteiger partial charge in [-0.2, -0.15) is 5.10 Å². The number of benzene rings is 2. The lowest BCUT2D eigenvalue weighted by molar-refractivity contribution is 0.104. The molecule has 114 valence electrons. The number of hydrogen-bond acceptors (Lipinski definition) is 3. The van der Waals surface area contributed by atoms with Gasteiger partial charge in [-0.15, -0.1) is 0 Å². The Morgan fingerprint density at radius 3 is 2.48 bits per heavy atom. The molecule has 0 bridgehead atoms. The maximum Gasteiger partial charge on any atom is 0.185 e. The van der Waals surface area contributed by atoms with E-state index < -0.39 is 0 Å². The molecule has 0 saturated heterocycles. The van der Waals surface area contributed by atoms with Gasteiger partial charge >= 0.3 is 0 Å². The van der Waals surface area contributed by atoms with Crippen molar-refractivity contribution >= 4 is 35.1 Å². The van der Waals surface area contributed by atoms with Crippen LogP contribution in [0.25, 0.3) is 11.8 Å². The Bertz CT molecular complexity index is 856. The van der Waals surface area contributed by atoms with Crippen LogP contribution in [-0.4, -0.2) is 20.5 Å². The fourth-order valence-electron chi connectivity index (χ4n) is 2.00. The van der Waals surface area contributed by atoms with Gasteiger partial charge < -0.3 is 0 Å². The van der Waals surface area contributed by atoms with E-state index in [2.05, 4.69) is 10.1 Å².